The highest BCUT2D eigenvalue weighted by atomic mass is 32.1. The van der Waals surface area contributed by atoms with Gasteiger partial charge in [-0.2, -0.15) is 16.3 Å². The summed E-state index contributed by atoms with van der Waals surface area (Å²) in [7, 11) is 1.80. The Bertz CT molecular complexity index is 1000. The van der Waals surface area contributed by atoms with Crippen molar-refractivity contribution < 1.29 is 14.1 Å². The topological polar surface area (TPSA) is 79.5 Å². The van der Waals surface area contributed by atoms with Crippen molar-refractivity contribution in [2.24, 2.45) is 0 Å². The van der Waals surface area contributed by atoms with Crippen molar-refractivity contribution >= 4 is 23.2 Å². The molecule has 1 fully saturated rings. The van der Waals surface area contributed by atoms with Crippen LogP contribution >= 0.6 is 11.3 Å². The fraction of sp³-hybridized carbons (Fsp3) is 0.391. The van der Waals surface area contributed by atoms with Gasteiger partial charge in [0.2, 0.25) is 17.7 Å². The molecule has 7 nitrogen and oxygen atoms in total. The number of hydrogen-bond acceptors (Lipinski definition) is 6. The van der Waals surface area contributed by atoms with Crippen molar-refractivity contribution in [2.75, 3.05) is 13.6 Å². The van der Waals surface area contributed by atoms with Crippen molar-refractivity contribution in [2.45, 2.75) is 44.7 Å². The molecule has 0 N–H and O–H groups in total. The molecule has 0 bridgehead atoms. The molecule has 0 spiro atoms. The summed E-state index contributed by atoms with van der Waals surface area (Å²) < 4.78 is 5.39. The Morgan fingerprint density at radius 3 is 2.84 bits per heavy atom. The number of hydrogen-bond donors (Lipinski definition) is 0. The Labute approximate surface area is 185 Å². The molecule has 31 heavy (non-hydrogen) atoms. The predicted octanol–water partition coefficient (Wildman–Crippen LogP) is 3.63. The van der Waals surface area contributed by atoms with Crippen LogP contribution in [0.2, 0.25) is 0 Å². The zero-order valence-electron chi connectivity index (χ0n) is 17.6. The van der Waals surface area contributed by atoms with Gasteiger partial charge >= 0.3 is 0 Å². The first-order valence-corrected chi connectivity index (χ1v) is 11.5. The molecule has 1 unspecified atom stereocenters. The lowest BCUT2D eigenvalue weighted by Gasteiger charge is -2.22. The average Bonchev–Trinajstić information content (AvgIpc) is 3.53. The highest BCUT2D eigenvalue weighted by Crippen LogP contribution is 2.31. The molecule has 1 atom stereocenters. The fourth-order valence-corrected chi connectivity index (χ4v) is 4.53. The molecule has 4 rings (SSSR count). The van der Waals surface area contributed by atoms with E-state index in [0.717, 1.165) is 24.0 Å². The second kappa shape index (κ2) is 9.87. The number of amides is 2. The predicted molar refractivity (Wildman–Crippen MR) is 117 cm³/mol. The minimum atomic E-state index is -0.153. The van der Waals surface area contributed by atoms with Gasteiger partial charge in [0, 0.05) is 33.0 Å². The van der Waals surface area contributed by atoms with Crippen LogP contribution in [-0.2, 0) is 29.0 Å². The van der Waals surface area contributed by atoms with Crippen LogP contribution in [0.3, 0.4) is 0 Å². The molecule has 2 amide bonds. The first kappa shape index (κ1) is 21.2. The molecular weight excluding hydrogens is 412 g/mol. The molecule has 8 heteroatoms. The van der Waals surface area contributed by atoms with Crippen molar-refractivity contribution in [3.8, 4) is 0 Å². The van der Waals surface area contributed by atoms with Crippen LogP contribution in [0.1, 0.15) is 48.1 Å². The zero-order chi connectivity index (χ0) is 21.6. The van der Waals surface area contributed by atoms with E-state index in [1.54, 1.807) is 23.3 Å². The number of carbonyl (C=O) groups excluding carboxylic acids is 2. The van der Waals surface area contributed by atoms with Crippen molar-refractivity contribution in [3.05, 3.63) is 70.0 Å². The van der Waals surface area contributed by atoms with E-state index >= 15 is 0 Å². The van der Waals surface area contributed by atoms with E-state index in [1.807, 2.05) is 52.1 Å². The third-order valence-corrected chi connectivity index (χ3v) is 6.26. The average molecular weight is 439 g/mol. The second-order valence-electron chi connectivity index (χ2n) is 7.84. The standard InChI is InChI=1S/C23H26N4O3S/c1-26(15-17-6-3-2-4-7-17)21(28)10-9-20-24-23(25-30-20)19-8-5-12-27(19)22(29)14-18-11-13-31-16-18/h2-4,6-7,11,13,16,19H,5,8-10,12,14-15H2,1H3. The van der Waals surface area contributed by atoms with Crippen LogP contribution in [-0.4, -0.2) is 45.3 Å². The van der Waals surface area contributed by atoms with Gasteiger partial charge in [-0.1, -0.05) is 35.5 Å². The highest BCUT2D eigenvalue weighted by molar-refractivity contribution is 7.08. The van der Waals surface area contributed by atoms with Gasteiger partial charge in [0.15, 0.2) is 5.82 Å². The number of aryl methyl sites for hydroxylation is 1. The van der Waals surface area contributed by atoms with Gasteiger partial charge in [0.05, 0.1) is 12.5 Å². The summed E-state index contributed by atoms with van der Waals surface area (Å²) in [5, 5.41) is 8.10. The number of carbonyl (C=O) groups is 2. The number of likely N-dealkylation sites (tertiary alicyclic amines) is 1. The lowest BCUT2D eigenvalue weighted by atomic mass is 10.2. The van der Waals surface area contributed by atoms with Crippen LogP contribution in [0, 0.1) is 0 Å². The van der Waals surface area contributed by atoms with E-state index < -0.39 is 0 Å². The summed E-state index contributed by atoms with van der Waals surface area (Å²) in [5.41, 5.74) is 2.12. The van der Waals surface area contributed by atoms with Gasteiger partial charge in [-0.25, -0.2) is 0 Å². The Hall–Kier alpha value is -3.00. The van der Waals surface area contributed by atoms with Gasteiger partial charge in [-0.05, 0) is 40.8 Å². The molecule has 0 aliphatic carbocycles. The van der Waals surface area contributed by atoms with Crippen LogP contribution in [0.4, 0.5) is 0 Å². The molecule has 3 heterocycles. The molecule has 3 aromatic rings. The van der Waals surface area contributed by atoms with Crippen molar-refractivity contribution in [3.63, 3.8) is 0 Å². The second-order valence-corrected chi connectivity index (χ2v) is 8.62. The van der Waals surface area contributed by atoms with E-state index in [1.165, 1.54) is 0 Å². The van der Waals surface area contributed by atoms with Gasteiger partial charge in [-0.15, -0.1) is 0 Å². The Morgan fingerprint density at radius 1 is 1.23 bits per heavy atom. The van der Waals surface area contributed by atoms with Crippen molar-refractivity contribution in [1.29, 1.82) is 0 Å². The molecule has 0 radical (unpaired) electrons. The summed E-state index contributed by atoms with van der Waals surface area (Å²) in [5.74, 6) is 1.09. The zero-order valence-corrected chi connectivity index (χ0v) is 18.4. The smallest absolute Gasteiger partial charge is 0.227 e. The quantitative estimate of drug-likeness (QED) is 0.537. The SMILES string of the molecule is CN(Cc1ccccc1)C(=O)CCc1nc(C2CCCN2C(=O)Cc2ccsc2)no1. The Balaban J connectivity index is 1.31. The Kier molecular flexibility index (Phi) is 6.76. The van der Waals surface area contributed by atoms with Gasteiger partial charge in [0.1, 0.15) is 0 Å². The molecule has 1 aliphatic rings. The minimum Gasteiger partial charge on any atom is -0.341 e. The normalized spacial score (nSPS) is 15.9. The van der Waals surface area contributed by atoms with Crippen LogP contribution in [0.25, 0.3) is 0 Å². The van der Waals surface area contributed by atoms with Gasteiger partial charge in [0.25, 0.3) is 0 Å². The molecule has 162 valence electrons. The van der Waals surface area contributed by atoms with E-state index in [9.17, 15) is 9.59 Å². The lowest BCUT2D eigenvalue weighted by Crippen LogP contribution is -2.32. The summed E-state index contributed by atoms with van der Waals surface area (Å²) in [6, 6.07) is 11.7. The van der Waals surface area contributed by atoms with Gasteiger partial charge < -0.3 is 14.3 Å². The van der Waals surface area contributed by atoms with E-state index in [2.05, 4.69) is 10.1 Å². The monoisotopic (exact) mass is 438 g/mol. The van der Waals surface area contributed by atoms with E-state index in [4.69, 9.17) is 4.52 Å². The summed E-state index contributed by atoms with van der Waals surface area (Å²) >= 11 is 1.59. The number of rotatable bonds is 8. The number of benzene rings is 1. The number of aromatic nitrogens is 2. The lowest BCUT2D eigenvalue weighted by molar-refractivity contribution is -0.132. The van der Waals surface area contributed by atoms with Crippen LogP contribution < -0.4 is 0 Å². The van der Waals surface area contributed by atoms with Crippen LogP contribution in [0.5, 0.6) is 0 Å². The maximum atomic E-state index is 12.7. The summed E-state index contributed by atoms with van der Waals surface area (Å²) in [6.07, 6.45) is 2.84. The van der Waals surface area contributed by atoms with Crippen LogP contribution in [0.15, 0.2) is 51.7 Å². The molecule has 1 aliphatic heterocycles. The molecule has 1 saturated heterocycles. The van der Waals surface area contributed by atoms with Gasteiger partial charge in [-0.3, -0.25) is 9.59 Å². The first-order valence-electron chi connectivity index (χ1n) is 10.5. The maximum Gasteiger partial charge on any atom is 0.227 e. The highest BCUT2D eigenvalue weighted by Gasteiger charge is 2.33. The Morgan fingerprint density at radius 2 is 2.06 bits per heavy atom. The van der Waals surface area contributed by atoms with E-state index in [-0.39, 0.29) is 17.9 Å². The fourth-order valence-electron chi connectivity index (χ4n) is 3.86. The number of thiophene rings is 1. The number of nitrogens with zero attached hydrogens (tertiary/aromatic N) is 4. The first-order chi connectivity index (χ1) is 15.1. The van der Waals surface area contributed by atoms with Crippen molar-refractivity contribution in [1.82, 2.24) is 19.9 Å². The third-order valence-electron chi connectivity index (χ3n) is 5.53. The minimum absolute atomic E-state index is 0.0250. The maximum absolute atomic E-state index is 12.7. The summed E-state index contributed by atoms with van der Waals surface area (Å²) in [4.78, 5) is 33.2. The molecular formula is C23H26N4O3S. The molecule has 1 aromatic carbocycles. The molecule has 2 aromatic heterocycles. The van der Waals surface area contributed by atoms with E-state index in [0.29, 0.717) is 44.1 Å². The summed E-state index contributed by atoms with van der Waals surface area (Å²) in [6.45, 7) is 1.28. The molecule has 0 saturated carbocycles. The third kappa shape index (κ3) is 5.38. The largest absolute Gasteiger partial charge is 0.341 e.